The van der Waals surface area contributed by atoms with E-state index in [1.54, 1.807) is 40.7 Å². The molecule has 7 nitrogen and oxygen atoms in total. The van der Waals surface area contributed by atoms with Crippen LogP contribution >= 0.6 is 11.3 Å². The normalized spacial score (nSPS) is 11.0. The van der Waals surface area contributed by atoms with Crippen LogP contribution in [0.1, 0.15) is 0 Å². The first kappa shape index (κ1) is 15.6. The second-order valence-electron chi connectivity index (χ2n) is 5.74. The van der Waals surface area contributed by atoms with Crippen molar-refractivity contribution in [1.29, 1.82) is 0 Å². The van der Waals surface area contributed by atoms with E-state index in [0.717, 1.165) is 27.3 Å². The van der Waals surface area contributed by atoms with E-state index in [2.05, 4.69) is 20.4 Å². The molecule has 130 valence electrons. The number of benzene rings is 1. The SMILES string of the molecule is c1cnc(-n2cc(Nc3nc(-c4cccs4)nc4ccccc34)cn2)nc1. The maximum Gasteiger partial charge on any atom is 0.250 e. The molecule has 1 N–H and O–H groups in total. The molecule has 0 spiro atoms. The van der Waals surface area contributed by atoms with E-state index >= 15 is 0 Å². The number of rotatable bonds is 4. The number of thiophene rings is 1. The Hall–Kier alpha value is -3.65. The van der Waals surface area contributed by atoms with Gasteiger partial charge >= 0.3 is 0 Å². The Morgan fingerprint density at radius 3 is 2.67 bits per heavy atom. The summed E-state index contributed by atoms with van der Waals surface area (Å²) >= 11 is 1.62. The van der Waals surface area contributed by atoms with Crippen LogP contribution < -0.4 is 5.32 Å². The fourth-order valence-electron chi connectivity index (χ4n) is 2.73. The first-order chi connectivity index (χ1) is 13.4. The zero-order chi connectivity index (χ0) is 18.1. The summed E-state index contributed by atoms with van der Waals surface area (Å²) in [4.78, 5) is 18.9. The zero-order valence-corrected chi connectivity index (χ0v) is 14.8. The third-order valence-electron chi connectivity index (χ3n) is 3.95. The van der Waals surface area contributed by atoms with Crippen molar-refractivity contribution in [1.82, 2.24) is 29.7 Å². The van der Waals surface area contributed by atoms with Crippen molar-refractivity contribution in [3.8, 4) is 16.6 Å². The number of aromatic nitrogens is 6. The monoisotopic (exact) mass is 371 g/mol. The van der Waals surface area contributed by atoms with Gasteiger partial charge in [-0.1, -0.05) is 18.2 Å². The first-order valence-corrected chi connectivity index (χ1v) is 9.14. The number of hydrogen-bond donors (Lipinski definition) is 1. The lowest BCUT2D eigenvalue weighted by Gasteiger charge is -2.08. The molecule has 0 radical (unpaired) electrons. The molecule has 0 aliphatic carbocycles. The molecule has 1 aromatic carbocycles. The molecule has 5 rings (SSSR count). The third-order valence-corrected chi connectivity index (χ3v) is 4.81. The van der Waals surface area contributed by atoms with Crippen molar-refractivity contribution < 1.29 is 0 Å². The van der Waals surface area contributed by atoms with Crippen LogP contribution in [0.3, 0.4) is 0 Å². The smallest absolute Gasteiger partial charge is 0.250 e. The molecule has 0 bridgehead atoms. The van der Waals surface area contributed by atoms with Gasteiger partial charge in [-0.25, -0.2) is 24.6 Å². The first-order valence-electron chi connectivity index (χ1n) is 8.26. The topological polar surface area (TPSA) is 81.4 Å². The van der Waals surface area contributed by atoms with E-state index in [9.17, 15) is 0 Å². The molecule has 0 unspecified atom stereocenters. The van der Waals surface area contributed by atoms with Gasteiger partial charge in [0, 0.05) is 17.8 Å². The van der Waals surface area contributed by atoms with Crippen LogP contribution in [0.15, 0.2) is 72.6 Å². The Morgan fingerprint density at radius 2 is 1.81 bits per heavy atom. The van der Waals surface area contributed by atoms with Crippen molar-refractivity contribution in [2.45, 2.75) is 0 Å². The highest BCUT2D eigenvalue weighted by molar-refractivity contribution is 7.13. The standard InChI is InChI=1S/C19H13N7S/c1-2-6-15-14(5-1)17(25-18(24-15)16-7-3-10-27-16)23-13-11-22-26(12-13)19-20-8-4-9-21-19/h1-12H,(H,23,24,25). The van der Waals surface area contributed by atoms with E-state index in [1.807, 2.05) is 48.0 Å². The summed E-state index contributed by atoms with van der Waals surface area (Å²) in [6.45, 7) is 0. The van der Waals surface area contributed by atoms with Crippen molar-refractivity contribution >= 4 is 33.7 Å². The summed E-state index contributed by atoms with van der Waals surface area (Å²) in [5.41, 5.74) is 1.68. The fraction of sp³-hybridized carbons (Fsp3) is 0. The molecule has 27 heavy (non-hydrogen) atoms. The molecule has 0 fully saturated rings. The molecule has 8 heteroatoms. The number of fused-ring (bicyclic) bond motifs is 1. The number of nitrogens with zero attached hydrogens (tertiary/aromatic N) is 6. The van der Waals surface area contributed by atoms with E-state index < -0.39 is 0 Å². The van der Waals surface area contributed by atoms with Gasteiger partial charge in [0.1, 0.15) is 5.82 Å². The molecule has 0 aliphatic rings. The van der Waals surface area contributed by atoms with Crippen molar-refractivity contribution in [2.75, 3.05) is 5.32 Å². The quantitative estimate of drug-likeness (QED) is 0.513. The number of para-hydroxylation sites is 1. The molecule has 0 aliphatic heterocycles. The highest BCUT2D eigenvalue weighted by Crippen LogP contribution is 2.29. The van der Waals surface area contributed by atoms with Crippen LogP contribution in [0, 0.1) is 0 Å². The number of hydrogen-bond acceptors (Lipinski definition) is 7. The predicted molar refractivity (Wildman–Crippen MR) is 105 cm³/mol. The molecule has 0 saturated heterocycles. The van der Waals surface area contributed by atoms with Gasteiger partial charge in [-0.3, -0.25) is 0 Å². The lowest BCUT2D eigenvalue weighted by Crippen LogP contribution is -2.00. The average molecular weight is 371 g/mol. The second kappa shape index (κ2) is 6.58. The van der Waals surface area contributed by atoms with Crippen LogP contribution in [0.4, 0.5) is 11.5 Å². The van der Waals surface area contributed by atoms with Gasteiger partial charge in [-0.05, 0) is 29.6 Å². The minimum absolute atomic E-state index is 0.511. The van der Waals surface area contributed by atoms with Gasteiger partial charge in [0.25, 0.3) is 0 Å². The van der Waals surface area contributed by atoms with Gasteiger partial charge in [0.15, 0.2) is 5.82 Å². The molecular formula is C19H13N7S. The largest absolute Gasteiger partial charge is 0.337 e. The van der Waals surface area contributed by atoms with E-state index in [-0.39, 0.29) is 0 Å². The zero-order valence-electron chi connectivity index (χ0n) is 14.0. The number of nitrogens with one attached hydrogen (secondary N) is 1. The molecule has 4 heterocycles. The average Bonchev–Trinajstić information content (AvgIpc) is 3.41. The summed E-state index contributed by atoms with van der Waals surface area (Å²) < 4.78 is 1.62. The summed E-state index contributed by atoms with van der Waals surface area (Å²) in [6, 6.07) is 13.7. The molecule has 4 aromatic heterocycles. The van der Waals surface area contributed by atoms with Gasteiger partial charge in [-0.2, -0.15) is 5.10 Å². The second-order valence-corrected chi connectivity index (χ2v) is 6.69. The Morgan fingerprint density at radius 1 is 0.926 bits per heavy atom. The predicted octanol–water partition coefficient (Wildman–Crippen LogP) is 4.08. The summed E-state index contributed by atoms with van der Waals surface area (Å²) in [7, 11) is 0. The number of anilines is 2. The highest BCUT2D eigenvalue weighted by Gasteiger charge is 2.11. The maximum atomic E-state index is 4.74. The van der Waals surface area contributed by atoms with E-state index in [4.69, 9.17) is 9.97 Å². The molecule has 5 aromatic rings. The lowest BCUT2D eigenvalue weighted by molar-refractivity contribution is 0.808. The maximum absolute atomic E-state index is 4.74. The van der Waals surface area contributed by atoms with Crippen LogP contribution in [0.5, 0.6) is 0 Å². The summed E-state index contributed by atoms with van der Waals surface area (Å²) in [5, 5.41) is 10.6. The Kier molecular flexibility index (Phi) is 3.80. The minimum Gasteiger partial charge on any atom is -0.337 e. The molecule has 0 saturated carbocycles. The highest BCUT2D eigenvalue weighted by atomic mass is 32.1. The van der Waals surface area contributed by atoms with Gasteiger partial charge in [0.05, 0.1) is 28.5 Å². The van der Waals surface area contributed by atoms with E-state index in [0.29, 0.717) is 11.8 Å². The van der Waals surface area contributed by atoms with Crippen LogP contribution in [0.25, 0.3) is 27.6 Å². The Balaban J connectivity index is 1.56. The summed E-state index contributed by atoms with van der Waals surface area (Å²) in [5.74, 6) is 1.94. The fourth-order valence-corrected chi connectivity index (χ4v) is 3.39. The molecular weight excluding hydrogens is 358 g/mol. The van der Waals surface area contributed by atoms with Crippen LogP contribution in [-0.2, 0) is 0 Å². The Bertz CT molecular complexity index is 1200. The molecule has 0 atom stereocenters. The molecule has 0 amide bonds. The van der Waals surface area contributed by atoms with Gasteiger partial charge < -0.3 is 5.32 Å². The van der Waals surface area contributed by atoms with Crippen molar-refractivity contribution in [2.24, 2.45) is 0 Å². The van der Waals surface area contributed by atoms with Crippen LogP contribution in [0.2, 0.25) is 0 Å². The van der Waals surface area contributed by atoms with Crippen molar-refractivity contribution in [3.63, 3.8) is 0 Å². The Labute approximate surface area is 158 Å². The third kappa shape index (κ3) is 3.02. The van der Waals surface area contributed by atoms with Gasteiger partial charge in [0.2, 0.25) is 5.95 Å². The minimum atomic E-state index is 0.511. The summed E-state index contributed by atoms with van der Waals surface area (Å²) in [6.07, 6.45) is 6.92. The van der Waals surface area contributed by atoms with Gasteiger partial charge in [-0.15, -0.1) is 11.3 Å². The van der Waals surface area contributed by atoms with E-state index in [1.165, 1.54) is 0 Å². The van der Waals surface area contributed by atoms with Crippen LogP contribution in [-0.4, -0.2) is 29.7 Å². The lowest BCUT2D eigenvalue weighted by atomic mass is 10.2. The van der Waals surface area contributed by atoms with Crippen molar-refractivity contribution in [3.05, 3.63) is 72.6 Å².